The van der Waals surface area contributed by atoms with Crippen molar-refractivity contribution in [2.45, 2.75) is 6.92 Å². The van der Waals surface area contributed by atoms with E-state index in [1.165, 1.54) is 12.1 Å². The molecule has 52 valence electrons. The molecule has 0 aliphatic heterocycles. The molecule has 1 aromatic rings. The van der Waals surface area contributed by atoms with Crippen LogP contribution in [0.15, 0.2) is 24.3 Å². The standard InChI is InChI=1S/C8H8O2.Rb/c1-6-2-4-7(5-3-6)8(9)10;/h2-5H,1H3,(H,9,10);/q;+1/p-1. The van der Waals surface area contributed by atoms with Crippen LogP contribution >= 0.6 is 0 Å². The van der Waals surface area contributed by atoms with Crippen LogP contribution in [-0.4, -0.2) is 5.97 Å². The Balaban J connectivity index is 0.000001000. The first-order valence-electron chi connectivity index (χ1n) is 2.98. The van der Waals surface area contributed by atoms with Gasteiger partial charge in [-0.1, -0.05) is 29.8 Å². The molecule has 0 saturated carbocycles. The molecule has 0 amide bonds. The van der Waals surface area contributed by atoms with Crippen LogP contribution in [0.25, 0.3) is 0 Å². The van der Waals surface area contributed by atoms with Crippen molar-refractivity contribution >= 4 is 5.97 Å². The van der Waals surface area contributed by atoms with E-state index in [1.54, 1.807) is 12.1 Å². The molecule has 0 bridgehead atoms. The summed E-state index contributed by atoms with van der Waals surface area (Å²) in [5.74, 6) is -1.12. The van der Waals surface area contributed by atoms with E-state index in [9.17, 15) is 9.90 Å². The number of carboxylic acid groups (broad SMARTS) is 1. The van der Waals surface area contributed by atoms with Gasteiger partial charge in [-0.2, -0.15) is 0 Å². The second-order valence-electron chi connectivity index (χ2n) is 2.15. The van der Waals surface area contributed by atoms with Crippen molar-refractivity contribution in [1.82, 2.24) is 0 Å². The number of benzene rings is 1. The van der Waals surface area contributed by atoms with Crippen LogP contribution in [0, 0.1) is 6.92 Å². The third-order valence-electron chi connectivity index (χ3n) is 1.29. The SMILES string of the molecule is Cc1ccc(C(=O)[O-])cc1.[Rb+]. The molecular weight excluding hydrogens is 214 g/mol. The fourth-order valence-electron chi connectivity index (χ4n) is 0.690. The molecule has 0 N–H and O–H groups in total. The topological polar surface area (TPSA) is 40.1 Å². The molecule has 0 fully saturated rings. The number of carbonyl (C=O) groups is 1. The summed E-state index contributed by atoms with van der Waals surface area (Å²) < 4.78 is 0. The molecule has 0 unspecified atom stereocenters. The Bertz CT molecular complexity index is 241. The average molecular weight is 221 g/mol. The Morgan fingerprint density at radius 2 is 1.73 bits per heavy atom. The average Bonchev–Trinajstić information content (AvgIpc) is 1.88. The van der Waals surface area contributed by atoms with Gasteiger partial charge in [0.05, 0.1) is 5.97 Å². The minimum absolute atomic E-state index is 0. The molecule has 2 nitrogen and oxygen atoms in total. The van der Waals surface area contributed by atoms with Gasteiger partial charge in [0.2, 0.25) is 0 Å². The van der Waals surface area contributed by atoms with Crippen LogP contribution in [0.4, 0.5) is 0 Å². The smallest absolute Gasteiger partial charge is 0.545 e. The van der Waals surface area contributed by atoms with Crippen molar-refractivity contribution in [2.75, 3.05) is 0 Å². The van der Waals surface area contributed by atoms with E-state index >= 15 is 0 Å². The Morgan fingerprint density at radius 1 is 1.27 bits per heavy atom. The number of hydrogen-bond donors (Lipinski definition) is 0. The molecule has 0 aliphatic carbocycles. The van der Waals surface area contributed by atoms with Crippen molar-refractivity contribution in [3.8, 4) is 0 Å². The number of aromatic carboxylic acids is 1. The van der Waals surface area contributed by atoms with Gasteiger partial charge in [-0.05, 0) is 12.5 Å². The summed E-state index contributed by atoms with van der Waals surface area (Å²) >= 11 is 0. The fourth-order valence-corrected chi connectivity index (χ4v) is 0.690. The molecule has 0 aliphatic rings. The van der Waals surface area contributed by atoms with Crippen LogP contribution < -0.4 is 63.3 Å². The summed E-state index contributed by atoms with van der Waals surface area (Å²) in [6, 6.07) is 6.55. The van der Waals surface area contributed by atoms with Crippen molar-refractivity contribution in [2.24, 2.45) is 0 Å². The molecule has 0 aromatic heterocycles. The molecule has 1 aromatic carbocycles. The summed E-state index contributed by atoms with van der Waals surface area (Å²) in [5, 5.41) is 10.2. The third-order valence-corrected chi connectivity index (χ3v) is 1.29. The van der Waals surface area contributed by atoms with Gasteiger partial charge in [-0.25, -0.2) is 0 Å². The number of carboxylic acids is 1. The first kappa shape index (κ1) is 11.5. The van der Waals surface area contributed by atoms with Gasteiger partial charge in [-0.3, -0.25) is 0 Å². The van der Waals surface area contributed by atoms with E-state index in [1.807, 2.05) is 6.92 Å². The molecule has 0 spiro atoms. The fraction of sp³-hybridized carbons (Fsp3) is 0.125. The molecule has 0 heterocycles. The van der Waals surface area contributed by atoms with Crippen LogP contribution in [0.3, 0.4) is 0 Å². The Labute approximate surface area is 114 Å². The van der Waals surface area contributed by atoms with E-state index < -0.39 is 5.97 Å². The normalized spacial score (nSPS) is 8.45. The van der Waals surface area contributed by atoms with Gasteiger partial charge in [0.25, 0.3) is 0 Å². The predicted molar refractivity (Wildman–Crippen MR) is 35.5 cm³/mol. The number of aryl methyl sites for hydroxylation is 1. The maximum Gasteiger partial charge on any atom is 1.00 e. The largest absolute Gasteiger partial charge is 1.00 e. The van der Waals surface area contributed by atoms with Gasteiger partial charge in [-0.15, -0.1) is 0 Å². The summed E-state index contributed by atoms with van der Waals surface area (Å²) in [5.41, 5.74) is 1.27. The van der Waals surface area contributed by atoms with Crippen molar-refractivity contribution in [3.05, 3.63) is 35.4 Å². The van der Waals surface area contributed by atoms with E-state index in [4.69, 9.17) is 0 Å². The molecule has 1 rings (SSSR count). The zero-order valence-electron chi connectivity index (χ0n) is 6.63. The molecule has 0 saturated heterocycles. The van der Waals surface area contributed by atoms with Crippen molar-refractivity contribution in [3.63, 3.8) is 0 Å². The molecular formula is C8H7O2Rb. The first-order valence-corrected chi connectivity index (χ1v) is 2.98. The monoisotopic (exact) mass is 220 g/mol. The summed E-state index contributed by atoms with van der Waals surface area (Å²) in [4.78, 5) is 10.2. The quantitative estimate of drug-likeness (QED) is 0.519. The van der Waals surface area contributed by atoms with Gasteiger partial charge in [0, 0.05) is 0 Å². The van der Waals surface area contributed by atoms with E-state index in [-0.39, 0.29) is 63.8 Å². The Hall–Kier alpha value is 0.495. The zero-order valence-corrected chi connectivity index (χ0v) is 11.5. The van der Waals surface area contributed by atoms with Crippen LogP contribution in [-0.2, 0) is 0 Å². The van der Waals surface area contributed by atoms with Gasteiger partial charge >= 0.3 is 58.2 Å². The van der Waals surface area contributed by atoms with Crippen molar-refractivity contribution in [1.29, 1.82) is 0 Å². The second-order valence-corrected chi connectivity index (χ2v) is 2.15. The minimum Gasteiger partial charge on any atom is -0.545 e. The zero-order chi connectivity index (χ0) is 7.56. The van der Waals surface area contributed by atoms with E-state index in [2.05, 4.69) is 0 Å². The van der Waals surface area contributed by atoms with Gasteiger partial charge in [0.1, 0.15) is 0 Å². The predicted octanol–water partition coefficient (Wildman–Crippen LogP) is -2.64. The Morgan fingerprint density at radius 3 is 2.09 bits per heavy atom. The summed E-state index contributed by atoms with van der Waals surface area (Å²) in [6.07, 6.45) is 0. The summed E-state index contributed by atoms with van der Waals surface area (Å²) in [6.45, 7) is 1.90. The maximum absolute atomic E-state index is 10.2. The minimum atomic E-state index is -1.12. The van der Waals surface area contributed by atoms with Gasteiger partial charge < -0.3 is 9.90 Å². The summed E-state index contributed by atoms with van der Waals surface area (Å²) in [7, 11) is 0. The second kappa shape index (κ2) is 5.20. The van der Waals surface area contributed by atoms with Crippen LogP contribution in [0.5, 0.6) is 0 Å². The number of hydrogen-bond acceptors (Lipinski definition) is 2. The molecule has 0 radical (unpaired) electrons. The van der Waals surface area contributed by atoms with Crippen LogP contribution in [0.2, 0.25) is 0 Å². The number of rotatable bonds is 1. The third kappa shape index (κ3) is 3.60. The maximum atomic E-state index is 10.2. The number of carbonyl (C=O) groups excluding carboxylic acids is 1. The first-order chi connectivity index (χ1) is 4.70. The molecule has 11 heavy (non-hydrogen) atoms. The molecule has 3 heteroatoms. The Kier molecular flexibility index (Phi) is 5.43. The van der Waals surface area contributed by atoms with Gasteiger partial charge in [0.15, 0.2) is 0 Å². The van der Waals surface area contributed by atoms with E-state index in [0.29, 0.717) is 0 Å². The van der Waals surface area contributed by atoms with Crippen LogP contribution in [0.1, 0.15) is 15.9 Å². The molecule has 0 atom stereocenters. The van der Waals surface area contributed by atoms with E-state index in [0.717, 1.165) is 5.56 Å². The van der Waals surface area contributed by atoms with Crippen molar-refractivity contribution < 1.29 is 68.1 Å².